The fourth-order valence-electron chi connectivity index (χ4n) is 4.67. The molecule has 1 aliphatic heterocycles. The second kappa shape index (κ2) is 12.8. The van der Waals surface area contributed by atoms with Gasteiger partial charge in [0, 0.05) is 27.7 Å². The first-order chi connectivity index (χ1) is 18.9. The van der Waals surface area contributed by atoms with Crippen LogP contribution in [0.3, 0.4) is 0 Å². The molecule has 2 aromatic rings. The molecule has 1 aromatic carbocycles. The first-order valence-corrected chi connectivity index (χ1v) is 12.8. The molecule has 0 radical (unpaired) electrons. The predicted molar refractivity (Wildman–Crippen MR) is 142 cm³/mol. The Morgan fingerprint density at radius 2 is 1.43 bits per heavy atom. The summed E-state index contributed by atoms with van der Waals surface area (Å²) in [6.07, 6.45) is -6.57. The number of ether oxygens (including phenoxy) is 5. The van der Waals surface area contributed by atoms with Crippen molar-refractivity contribution in [1.29, 1.82) is 5.26 Å². The third kappa shape index (κ3) is 6.55. The van der Waals surface area contributed by atoms with E-state index in [4.69, 9.17) is 35.9 Å². The Bertz CT molecular complexity index is 1410. The average molecular weight is 571 g/mol. The van der Waals surface area contributed by atoms with E-state index in [1.54, 1.807) is 6.92 Å². The summed E-state index contributed by atoms with van der Waals surface area (Å²) in [4.78, 5) is 48.4. The van der Waals surface area contributed by atoms with Gasteiger partial charge in [-0.2, -0.15) is 5.26 Å². The minimum Gasteiger partial charge on any atom is -0.463 e. The Morgan fingerprint density at radius 3 is 1.95 bits per heavy atom. The summed E-state index contributed by atoms with van der Waals surface area (Å²) in [7, 11) is 0. The van der Waals surface area contributed by atoms with Crippen LogP contribution in [0.2, 0.25) is 0 Å². The van der Waals surface area contributed by atoms with E-state index in [9.17, 15) is 24.4 Å². The summed E-state index contributed by atoms with van der Waals surface area (Å²) in [5.74, 6) is -2.87. The molecule has 1 fully saturated rings. The molecule has 2 heterocycles. The van der Waals surface area contributed by atoms with Crippen molar-refractivity contribution in [3.05, 3.63) is 51.7 Å². The van der Waals surface area contributed by atoms with Crippen molar-refractivity contribution in [3.63, 3.8) is 0 Å². The summed E-state index contributed by atoms with van der Waals surface area (Å²) >= 11 is 5.79. The lowest BCUT2D eigenvalue weighted by molar-refractivity contribution is -0.268. The highest BCUT2D eigenvalue weighted by Gasteiger charge is 2.53. The maximum Gasteiger partial charge on any atom is 0.303 e. The maximum absolute atomic E-state index is 12.3. The van der Waals surface area contributed by atoms with Gasteiger partial charge in [-0.3, -0.25) is 19.2 Å². The number of hydrogen-bond donors (Lipinski definition) is 0. The molecule has 1 saturated heterocycles. The van der Waals surface area contributed by atoms with Gasteiger partial charge in [0.1, 0.15) is 23.4 Å². The number of esters is 4. The number of benzene rings is 1. The Hall–Kier alpha value is -4.08. The number of rotatable bonds is 7. The normalized spacial score (nSPS) is 22.0. The van der Waals surface area contributed by atoms with Crippen LogP contribution in [0.4, 0.5) is 0 Å². The van der Waals surface area contributed by atoms with Crippen molar-refractivity contribution in [3.8, 4) is 17.3 Å². The topological polar surface area (TPSA) is 143 Å². The number of carbonyl (C=O) groups excluding carboxylic acids is 4. The van der Waals surface area contributed by atoms with E-state index in [1.165, 1.54) is 11.5 Å². The molecular formula is C28H30N2O9S. The SMILES string of the molecule is CC(=O)OC[C@@H]1O[C@@H](n2c(-c3ccccc3)c(C)c(C)c(C#N)c2=S)[C@@H](OC(C)=O)[C@H](OC(C)=O)[C@@H]1OC(C)=O. The van der Waals surface area contributed by atoms with Crippen molar-refractivity contribution in [2.24, 2.45) is 0 Å². The summed E-state index contributed by atoms with van der Waals surface area (Å²) < 4.78 is 29.9. The number of nitriles is 1. The molecule has 0 bridgehead atoms. The monoisotopic (exact) mass is 570 g/mol. The van der Waals surface area contributed by atoms with Crippen molar-refractivity contribution in [2.45, 2.75) is 72.2 Å². The highest BCUT2D eigenvalue weighted by Crippen LogP contribution is 2.39. The zero-order valence-corrected chi connectivity index (χ0v) is 23.8. The van der Waals surface area contributed by atoms with Gasteiger partial charge in [-0.05, 0) is 30.5 Å². The second-order valence-corrected chi connectivity index (χ2v) is 9.60. The Balaban J connectivity index is 2.38. The minimum absolute atomic E-state index is 0.0744. The van der Waals surface area contributed by atoms with E-state index in [0.717, 1.165) is 20.8 Å². The fourth-order valence-corrected chi connectivity index (χ4v) is 5.06. The van der Waals surface area contributed by atoms with Crippen molar-refractivity contribution in [1.82, 2.24) is 4.57 Å². The lowest BCUT2D eigenvalue weighted by Crippen LogP contribution is -2.60. The molecule has 212 valence electrons. The molecule has 3 rings (SSSR count). The van der Waals surface area contributed by atoms with E-state index < -0.39 is 61.1 Å². The first-order valence-electron chi connectivity index (χ1n) is 12.4. The molecule has 0 spiro atoms. The van der Waals surface area contributed by atoms with Gasteiger partial charge in [-0.1, -0.05) is 42.5 Å². The third-order valence-corrected chi connectivity index (χ3v) is 6.75. The molecule has 5 atom stereocenters. The van der Waals surface area contributed by atoms with Gasteiger partial charge in [0.2, 0.25) is 0 Å². The molecule has 11 nitrogen and oxygen atoms in total. The van der Waals surface area contributed by atoms with Crippen LogP contribution in [-0.4, -0.2) is 59.5 Å². The Labute approximate surface area is 236 Å². The molecule has 0 aliphatic carbocycles. The minimum atomic E-state index is -1.39. The standard InChI is InChI=1S/C28H30N2O9S/c1-14-15(2)23(20-10-8-7-9-11-20)30(28(40)21(14)12-29)27-26(38-19(6)34)25(37-18(5)33)24(36-17(4)32)22(39-27)13-35-16(3)31/h7-11,22,24-27H,13H2,1-6H3/t22-,24+,25+,26-,27+/m0/s1. The average Bonchev–Trinajstić information content (AvgIpc) is 2.87. The highest BCUT2D eigenvalue weighted by atomic mass is 32.1. The molecule has 0 saturated carbocycles. The number of carbonyl (C=O) groups is 4. The van der Waals surface area contributed by atoms with Crippen LogP contribution in [0.5, 0.6) is 0 Å². The van der Waals surface area contributed by atoms with Gasteiger partial charge in [-0.15, -0.1) is 0 Å². The number of pyridine rings is 1. The van der Waals surface area contributed by atoms with E-state index in [0.29, 0.717) is 22.4 Å². The second-order valence-electron chi connectivity index (χ2n) is 9.22. The molecule has 0 N–H and O–H groups in total. The maximum atomic E-state index is 12.3. The van der Waals surface area contributed by atoms with Crippen LogP contribution in [0, 0.1) is 29.8 Å². The highest BCUT2D eigenvalue weighted by molar-refractivity contribution is 7.71. The van der Waals surface area contributed by atoms with Crippen LogP contribution in [0.1, 0.15) is 50.6 Å². The van der Waals surface area contributed by atoms with Crippen LogP contribution < -0.4 is 0 Å². The van der Waals surface area contributed by atoms with Crippen molar-refractivity contribution >= 4 is 36.1 Å². The first kappa shape index (κ1) is 30.5. The van der Waals surface area contributed by atoms with E-state index in [2.05, 4.69) is 6.07 Å². The Kier molecular flexibility index (Phi) is 9.78. The zero-order chi connectivity index (χ0) is 29.7. The molecule has 12 heteroatoms. The zero-order valence-electron chi connectivity index (χ0n) is 23.0. The van der Waals surface area contributed by atoms with Crippen LogP contribution in [0.15, 0.2) is 30.3 Å². The van der Waals surface area contributed by atoms with Gasteiger partial charge < -0.3 is 28.3 Å². The molecule has 1 aromatic heterocycles. The number of nitrogens with zero attached hydrogens (tertiary/aromatic N) is 2. The van der Waals surface area contributed by atoms with Gasteiger partial charge in [-0.25, -0.2) is 0 Å². The van der Waals surface area contributed by atoms with E-state index >= 15 is 0 Å². The quantitative estimate of drug-likeness (QED) is 0.273. The van der Waals surface area contributed by atoms with Gasteiger partial charge >= 0.3 is 23.9 Å². The number of hydrogen-bond acceptors (Lipinski definition) is 11. The molecule has 0 unspecified atom stereocenters. The fraction of sp³-hybridized carbons (Fsp3) is 0.429. The van der Waals surface area contributed by atoms with Crippen LogP contribution in [0.25, 0.3) is 11.3 Å². The third-order valence-electron chi connectivity index (χ3n) is 6.35. The summed E-state index contributed by atoms with van der Waals surface area (Å²) in [6, 6.07) is 11.3. The van der Waals surface area contributed by atoms with Gasteiger partial charge in [0.05, 0.1) is 11.3 Å². The van der Waals surface area contributed by atoms with E-state index in [-0.39, 0.29) is 10.2 Å². The predicted octanol–water partition coefficient (Wildman–Crippen LogP) is 3.63. The molecule has 1 aliphatic rings. The molecular weight excluding hydrogens is 540 g/mol. The van der Waals surface area contributed by atoms with Gasteiger partial charge in [0.15, 0.2) is 24.5 Å². The van der Waals surface area contributed by atoms with Crippen molar-refractivity contribution < 1.29 is 42.9 Å². The summed E-state index contributed by atoms with van der Waals surface area (Å²) in [5, 5.41) is 9.99. The largest absolute Gasteiger partial charge is 0.463 e. The lowest BCUT2D eigenvalue weighted by Gasteiger charge is -2.45. The number of aromatic nitrogens is 1. The van der Waals surface area contributed by atoms with E-state index in [1.807, 2.05) is 37.3 Å². The summed E-state index contributed by atoms with van der Waals surface area (Å²) in [5.41, 5.74) is 2.81. The smallest absolute Gasteiger partial charge is 0.303 e. The van der Waals surface area contributed by atoms with Crippen molar-refractivity contribution in [2.75, 3.05) is 6.61 Å². The lowest BCUT2D eigenvalue weighted by atomic mass is 9.94. The van der Waals surface area contributed by atoms with Crippen LogP contribution >= 0.6 is 12.2 Å². The molecule has 40 heavy (non-hydrogen) atoms. The Morgan fingerprint density at radius 1 is 0.875 bits per heavy atom. The van der Waals surface area contributed by atoms with Gasteiger partial charge in [0.25, 0.3) is 0 Å². The molecule has 0 amide bonds. The summed E-state index contributed by atoms with van der Waals surface area (Å²) in [6.45, 7) is 7.84. The van der Waals surface area contributed by atoms with Crippen LogP contribution in [-0.2, 0) is 42.9 Å².